The molecule has 6 N–H and O–H groups in total. The van der Waals surface area contributed by atoms with Gasteiger partial charge in [0.15, 0.2) is 0 Å². The maximum atomic E-state index is 13.1. The summed E-state index contributed by atoms with van der Waals surface area (Å²) in [5.41, 5.74) is 7.01. The number of esters is 1. The van der Waals surface area contributed by atoms with Crippen LogP contribution in [0, 0.1) is 0 Å². The Morgan fingerprint density at radius 2 is 1.64 bits per heavy atom. The molecule has 0 fully saturated rings. The average Bonchev–Trinajstić information content (AvgIpc) is 3.69. The van der Waals surface area contributed by atoms with Gasteiger partial charge in [-0.15, -0.1) is 5.10 Å². The maximum absolute atomic E-state index is 13.1. The smallest absolute Gasteiger partial charge is 0.302 e. The van der Waals surface area contributed by atoms with E-state index in [0.29, 0.717) is 88.0 Å². The Bertz CT molecular complexity index is 2110. The van der Waals surface area contributed by atoms with Crippen LogP contribution in [0.15, 0.2) is 54.1 Å². The highest BCUT2D eigenvalue weighted by Gasteiger charge is 2.25. The lowest BCUT2D eigenvalue weighted by molar-refractivity contribution is -0.142. The van der Waals surface area contributed by atoms with Crippen LogP contribution < -0.4 is 27.0 Å². The van der Waals surface area contributed by atoms with Crippen molar-refractivity contribution in [2.45, 2.75) is 128 Å². The summed E-state index contributed by atoms with van der Waals surface area (Å²) in [6.07, 6.45) is 13.7. The molecular formula is C43H64N10O10S. The van der Waals surface area contributed by atoms with E-state index in [4.69, 9.17) is 19.9 Å². The Hall–Kier alpha value is -5.64. The number of nitrogens with one attached hydrogen (secondary N) is 4. The normalized spacial score (nSPS) is 12.4. The number of carbonyl (C=O) groups excluding carboxylic acids is 5. The molecule has 3 rings (SSSR count). The van der Waals surface area contributed by atoms with E-state index < -0.39 is 57.3 Å². The number of rotatable bonds is 29. The van der Waals surface area contributed by atoms with Gasteiger partial charge in [-0.1, -0.05) is 29.5 Å². The van der Waals surface area contributed by atoms with Gasteiger partial charge in [0.25, 0.3) is 0 Å². The number of anilines is 1. The molecule has 4 amide bonds. The Morgan fingerprint density at radius 3 is 2.31 bits per heavy atom. The summed E-state index contributed by atoms with van der Waals surface area (Å²) in [7, 11) is -3.45. The second-order valence-electron chi connectivity index (χ2n) is 16.5. The maximum Gasteiger partial charge on any atom is 0.302 e. The SMILES string of the molecule is CC(=O)OCc1ccc(NC(=O)[C@H](CCCCN)NC(=O)COCC(=O)NC(C)(C)CCOC(C)(C)CCn2cc(CNC(=O)CCC/C=C/c3cnc(S(C)(=O)=O)nc3)nn2)cc1. The fraction of sp³-hybridized carbons (Fsp3) is 0.558. The van der Waals surface area contributed by atoms with Crippen molar-refractivity contribution < 1.29 is 46.6 Å². The summed E-state index contributed by atoms with van der Waals surface area (Å²) in [6, 6.07) is 5.94. The minimum Gasteiger partial charge on any atom is -0.461 e. The van der Waals surface area contributed by atoms with E-state index in [1.807, 2.05) is 33.8 Å². The van der Waals surface area contributed by atoms with Crippen molar-refractivity contribution in [3.63, 3.8) is 0 Å². The van der Waals surface area contributed by atoms with Crippen LogP contribution in [-0.4, -0.2) is 113 Å². The van der Waals surface area contributed by atoms with Crippen molar-refractivity contribution in [1.82, 2.24) is 40.9 Å². The molecule has 352 valence electrons. The molecule has 21 heteroatoms. The number of allylic oxidation sites excluding steroid dienone is 1. The van der Waals surface area contributed by atoms with Gasteiger partial charge in [0.1, 0.15) is 31.6 Å². The molecule has 1 atom stereocenters. The van der Waals surface area contributed by atoms with Crippen molar-refractivity contribution in [2.24, 2.45) is 5.73 Å². The highest BCUT2D eigenvalue weighted by Crippen LogP contribution is 2.19. The lowest BCUT2D eigenvalue weighted by atomic mass is 10.0. The summed E-state index contributed by atoms with van der Waals surface area (Å²) in [6.45, 7) is 9.87. The number of aromatic nitrogens is 5. The fourth-order valence-corrected chi connectivity index (χ4v) is 6.35. The summed E-state index contributed by atoms with van der Waals surface area (Å²) >= 11 is 0. The number of ether oxygens (including phenoxy) is 3. The third-order valence-corrected chi connectivity index (χ3v) is 10.4. The Morgan fingerprint density at radius 1 is 0.938 bits per heavy atom. The number of hydrogen-bond acceptors (Lipinski definition) is 15. The highest BCUT2D eigenvalue weighted by atomic mass is 32.2. The molecule has 0 unspecified atom stereocenters. The first-order valence-electron chi connectivity index (χ1n) is 21.1. The molecule has 0 spiro atoms. The molecule has 2 aromatic heterocycles. The minimum atomic E-state index is -3.45. The van der Waals surface area contributed by atoms with Crippen LogP contribution in [0.25, 0.3) is 6.08 Å². The van der Waals surface area contributed by atoms with E-state index in [0.717, 1.165) is 11.8 Å². The summed E-state index contributed by atoms with van der Waals surface area (Å²) in [5.74, 6) is -1.89. The monoisotopic (exact) mass is 912 g/mol. The van der Waals surface area contributed by atoms with Gasteiger partial charge in [-0.3, -0.25) is 28.7 Å². The van der Waals surface area contributed by atoms with Gasteiger partial charge >= 0.3 is 5.97 Å². The standard InChI is InChI=1S/C43H64N10O10S/c1-31(54)62-28-32-15-17-34(18-16-32)48-40(58)36(13-10-11-21-44)49-38(56)29-61-30-39(57)50-42(2,3)20-23-63-43(4,5)19-22-53-27-35(51-52-53)26-45-37(55)14-9-7-8-12-33-24-46-41(47-25-33)64(6,59)60/h8,12,15-18,24-25,27,36H,7,9-11,13-14,19-23,26,28-30,44H2,1-6H3,(H,45,55)(H,48,58)(H,49,56)(H,50,57)/b12-8+/t36-/m0/s1. The summed E-state index contributed by atoms with van der Waals surface area (Å²) < 4.78 is 41.2. The number of benzene rings is 1. The van der Waals surface area contributed by atoms with Gasteiger partial charge in [-0.2, -0.15) is 0 Å². The Balaban J connectivity index is 1.31. The van der Waals surface area contributed by atoms with Crippen molar-refractivity contribution in [1.29, 1.82) is 0 Å². The van der Waals surface area contributed by atoms with Gasteiger partial charge in [-0.25, -0.2) is 18.4 Å². The van der Waals surface area contributed by atoms with Gasteiger partial charge in [0.05, 0.1) is 18.3 Å². The number of carbonyl (C=O) groups is 5. The predicted molar refractivity (Wildman–Crippen MR) is 238 cm³/mol. The number of hydrogen-bond donors (Lipinski definition) is 5. The third-order valence-electron chi connectivity index (χ3n) is 9.49. The minimum absolute atomic E-state index is 0.116. The molecule has 0 aliphatic carbocycles. The van der Waals surface area contributed by atoms with E-state index in [1.54, 1.807) is 41.2 Å². The first kappa shape index (κ1) is 52.7. The molecule has 0 saturated heterocycles. The third kappa shape index (κ3) is 21.6. The largest absolute Gasteiger partial charge is 0.461 e. The predicted octanol–water partition coefficient (Wildman–Crippen LogP) is 2.77. The summed E-state index contributed by atoms with van der Waals surface area (Å²) in [5, 5.41) is 19.4. The quantitative estimate of drug-likeness (QED) is 0.0381. The first-order valence-corrected chi connectivity index (χ1v) is 23.0. The number of aryl methyl sites for hydroxylation is 1. The van der Waals surface area contributed by atoms with E-state index in [-0.39, 0.29) is 30.8 Å². The topological polar surface area (TPSA) is 278 Å². The number of unbranched alkanes of at least 4 members (excludes halogenated alkanes) is 2. The Kier molecular flexibility index (Phi) is 21.6. The van der Waals surface area contributed by atoms with Crippen molar-refractivity contribution in [3.05, 3.63) is 65.8 Å². The molecule has 0 aliphatic heterocycles. The van der Waals surface area contributed by atoms with Gasteiger partial charge < -0.3 is 41.2 Å². The average molecular weight is 913 g/mol. The molecule has 20 nitrogen and oxygen atoms in total. The van der Waals surface area contributed by atoms with Crippen LogP contribution in [0.5, 0.6) is 0 Å². The van der Waals surface area contributed by atoms with Crippen LogP contribution in [0.1, 0.15) is 103 Å². The molecule has 0 radical (unpaired) electrons. The highest BCUT2D eigenvalue weighted by molar-refractivity contribution is 7.90. The van der Waals surface area contributed by atoms with Crippen LogP contribution >= 0.6 is 0 Å². The van der Waals surface area contributed by atoms with Crippen LogP contribution in [0.2, 0.25) is 0 Å². The zero-order valence-corrected chi connectivity index (χ0v) is 38.5. The first-order chi connectivity index (χ1) is 30.2. The van der Waals surface area contributed by atoms with Crippen molar-refractivity contribution in [3.8, 4) is 0 Å². The second-order valence-corrected chi connectivity index (χ2v) is 18.4. The van der Waals surface area contributed by atoms with Gasteiger partial charge in [0, 0.05) is 61.9 Å². The zero-order chi connectivity index (χ0) is 47.2. The zero-order valence-electron chi connectivity index (χ0n) is 37.7. The summed E-state index contributed by atoms with van der Waals surface area (Å²) in [4.78, 5) is 69.7. The van der Waals surface area contributed by atoms with E-state index in [9.17, 15) is 32.4 Å². The van der Waals surface area contributed by atoms with E-state index in [2.05, 4.69) is 41.5 Å². The molecule has 2 heterocycles. The van der Waals surface area contributed by atoms with E-state index >= 15 is 0 Å². The lowest BCUT2D eigenvalue weighted by Crippen LogP contribution is -2.47. The number of sulfone groups is 1. The lowest BCUT2D eigenvalue weighted by Gasteiger charge is -2.30. The molecule has 0 aliphatic rings. The van der Waals surface area contributed by atoms with Crippen LogP contribution in [0.3, 0.4) is 0 Å². The number of nitrogens with zero attached hydrogens (tertiary/aromatic N) is 5. The molecule has 0 bridgehead atoms. The number of amides is 4. The molecule has 64 heavy (non-hydrogen) atoms. The van der Waals surface area contributed by atoms with Crippen molar-refractivity contribution in [2.75, 3.05) is 37.9 Å². The van der Waals surface area contributed by atoms with Gasteiger partial charge in [0.2, 0.25) is 38.6 Å². The molecule has 1 aromatic carbocycles. The molecular weight excluding hydrogens is 849 g/mol. The molecule has 3 aromatic rings. The van der Waals surface area contributed by atoms with E-state index in [1.165, 1.54) is 19.3 Å². The molecule has 0 saturated carbocycles. The van der Waals surface area contributed by atoms with Crippen LogP contribution in [-0.2, 0) is 67.7 Å². The Labute approximate surface area is 375 Å². The van der Waals surface area contributed by atoms with Crippen LogP contribution in [0.4, 0.5) is 5.69 Å². The fourth-order valence-electron chi connectivity index (χ4n) is 5.86. The van der Waals surface area contributed by atoms with Gasteiger partial charge in [-0.05, 0) is 96.9 Å². The second kappa shape index (κ2) is 26.2. The number of nitrogens with two attached hydrogens (primary N) is 1. The van der Waals surface area contributed by atoms with Crippen molar-refractivity contribution >= 4 is 51.2 Å².